The number of nitrogens with one attached hydrogen (secondary N) is 1. The summed E-state index contributed by atoms with van der Waals surface area (Å²) in [7, 11) is 0. The molecule has 1 unspecified atom stereocenters. The molecule has 0 bridgehead atoms. The Bertz CT molecular complexity index is 598. The van der Waals surface area contributed by atoms with Crippen molar-refractivity contribution in [3.05, 3.63) is 47.4 Å². The van der Waals surface area contributed by atoms with Crippen molar-refractivity contribution in [2.75, 3.05) is 5.32 Å². The lowest BCUT2D eigenvalue weighted by atomic mass is 10.1. The Kier molecular flexibility index (Phi) is 5.14. The maximum atomic E-state index is 6.01. The lowest BCUT2D eigenvalue weighted by Gasteiger charge is -2.17. The standard InChI is InChI=1S/C17H23N3O/c1-5-14(4)21-16-8-12(2)6-7-15(16)10-18-17-9-13(3)19-11-20-17/h6-9,11,14H,5,10H2,1-4H3,(H,18,19,20). The van der Waals surface area contributed by atoms with Gasteiger partial charge < -0.3 is 10.1 Å². The molecule has 0 amide bonds. The van der Waals surface area contributed by atoms with Crippen LogP contribution in [0.15, 0.2) is 30.6 Å². The summed E-state index contributed by atoms with van der Waals surface area (Å²) in [5, 5.41) is 3.32. The fraction of sp³-hybridized carbons (Fsp3) is 0.412. The van der Waals surface area contributed by atoms with Crippen LogP contribution in [0, 0.1) is 13.8 Å². The van der Waals surface area contributed by atoms with E-state index in [0.29, 0.717) is 6.54 Å². The van der Waals surface area contributed by atoms with Gasteiger partial charge in [-0.3, -0.25) is 0 Å². The Hall–Kier alpha value is -2.10. The number of benzene rings is 1. The van der Waals surface area contributed by atoms with E-state index in [9.17, 15) is 0 Å². The summed E-state index contributed by atoms with van der Waals surface area (Å²) in [4.78, 5) is 8.31. The second-order valence-electron chi connectivity index (χ2n) is 5.35. The van der Waals surface area contributed by atoms with Crippen molar-refractivity contribution in [1.82, 2.24) is 9.97 Å². The number of hydrogen-bond donors (Lipinski definition) is 1. The van der Waals surface area contributed by atoms with E-state index < -0.39 is 0 Å². The number of hydrogen-bond acceptors (Lipinski definition) is 4. The first-order valence-corrected chi connectivity index (χ1v) is 7.37. The minimum absolute atomic E-state index is 0.215. The highest BCUT2D eigenvalue weighted by molar-refractivity contribution is 5.41. The molecule has 4 nitrogen and oxygen atoms in total. The Labute approximate surface area is 126 Å². The van der Waals surface area contributed by atoms with Crippen LogP contribution in [-0.4, -0.2) is 16.1 Å². The Morgan fingerprint density at radius 2 is 2.00 bits per heavy atom. The molecule has 1 N–H and O–H groups in total. The summed E-state index contributed by atoms with van der Waals surface area (Å²) in [6.45, 7) is 8.93. The molecule has 1 atom stereocenters. The molecule has 0 aliphatic rings. The SMILES string of the molecule is CCC(C)Oc1cc(C)ccc1CNc1cc(C)ncn1. The highest BCUT2D eigenvalue weighted by atomic mass is 16.5. The van der Waals surface area contributed by atoms with Crippen LogP contribution in [-0.2, 0) is 6.54 Å². The van der Waals surface area contributed by atoms with E-state index in [2.05, 4.69) is 54.3 Å². The minimum Gasteiger partial charge on any atom is -0.490 e. The van der Waals surface area contributed by atoms with Gasteiger partial charge in [-0.1, -0.05) is 19.1 Å². The second kappa shape index (κ2) is 7.07. The normalized spacial score (nSPS) is 12.0. The molecule has 112 valence electrons. The van der Waals surface area contributed by atoms with Gasteiger partial charge in [0.1, 0.15) is 17.9 Å². The van der Waals surface area contributed by atoms with Crippen molar-refractivity contribution in [2.45, 2.75) is 46.8 Å². The van der Waals surface area contributed by atoms with Crippen molar-refractivity contribution in [3.63, 3.8) is 0 Å². The van der Waals surface area contributed by atoms with Crippen molar-refractivity contribution in [3.8, 4) is 5.75 Å². The lowest BCUT2D eigenvalue weighted by Crippen LogP contribution is -2.12. The number of ether oxygens (including phenoxy) is 1. The van der Waals surface area contributed by atoms with Gasteiger partial charge in [0.25, 0.3) is 0 Å². The van der Waals surface area contributed by atoms with Crippen LogP contribution in [0.4, 0.5) is 5.82 Å². The van der Waals surface area contributed by atoms with E-state index in [1.807, 2.05) is 13.0 Å². The fourth-order valence-corrected chi connectivity index (χ4v) is 1.95. The van der Waals surface area contributed by atoms with Crippen LogP contribution in [0.25, 0.3) is 0 Å². The first-order chi connectivity index (χ1) is 10.1. The molecule has 4 heteroatoms. The zero-order valence-corrected chi connectivity index (χ0v) is 13.2. The van der Waals surface area contributed by atoms with Gasteiger partial charge in [-0.15, -0.1) is 0 Å². The summed E-state index contributed by atoms with van der Waals surface area (Å²) >= 11 is 0. The molecule has 0 aliphatic carbocycles. The van der Waals surface area contributed by atoms with Gasteiger partial charge in [0.2, 0.25) is 0 Å². The van der Waals surface area contributed by atoms with E-state index >= 15 is 0 Å². The number of anilines is 1. The van der Waals surface area contributed by atoms with E-state index in [4.69, 9.17) is 4.74 Å². The smallest absolute Gasteiger partial charge is 0.129 e. The highest BCUT2D eigenvalue weighted by Crippen LogP contribution is 2.23. The fourth-order valence-electron chi connectivity index (χ4n) is 1.95. The topological polar surface area (TPSA) is 47.0 Å². The van der Waals surface area contributed by atoms with Gasteiger partial charge in [0.15, 0.2) is 0 Å². The van der Waals surface area contributed by atoms with Gasteiger partial charge in [-0.2, -0.15) is 0 Å². The molecule has 1 aromatic heterocycles. The number of aryl methyl sites for hydroxylation is 2. The third-order valence-corrected chi connectivity index (χ3v) is 3.39. The van der Waals surface area contributed by atoms with Crippen LogP contribution < -0.4 is 10.1 Å². The summed E-state index contributed by atoms with van der Waals surface area (Å²) in [6, 6.07) is 8.23. The van der Waals surface area contributed by atoms with E-state index in [1.165, 1.54) is 5.56 Å². The summed E-state index contributed by atoms with van der Waals surface area (Å²) in [6.07, 6.45) is 2.78. The zero-order chi connectivity index (χ0) is 15.2. The van der Waals surface area contributed by atoms with Crippen LogP contribution >= 0.6 is 0 Å². The monoisotopic (exact) mass is 285 g/mol. The molecule has 1 heterocycles. The molecule has 0 saturated heterocycles. The van der Waals surface area contributed by atoms with Crippen molar-refractivity contribution in [2.24, 2.45) is 0 Å². The number of nitrogens with zero attached hydrogens (tertiary/aromatic N) is 2. The largest absolute Gasteiger partial charge is 0.490 e. The van der Waals surface area contributed by atoms with Gasteiger partial charge in [0.05, 0.1) is 6.10 Å². The predicted molar refractivity (Wildman–Crippen MR) is 85.7 cm³/mol. The maximum absolute atomic E-state index is 6.01. The lowest BCUT2D eigenvalue weighted by molar-refractivity contribution is 0.215. The number of aromatic nitrogens is 2. The molecule has 2 aromatic rings. The average molecular weight is 285 g/mol. The Morgan fingerprint density at radius 3 is 2.71 bits per heavy atom. The Morgan fingerprint density at radius 1 is 1.19 bits per heavy atom. The molecule has 1 aromatic carbocycles. The van der Waals surface area contributed by atoms with Crippen molar-refractivity contribution >= 4 is 5.82 Å². The summed E-state index contributed by atoms with van der Waals surface area (Å²) in [5.41, 5.74) is 3.29. The molecule has 0 aliphatic heterocycles. The number of rotatable bonds is 6. The van der Waals surface area contributed by atoms with Gasteiger partial charge in [-0.25, -0.2) is 9.97 Å². The van der Waals surface area contributed by atoms with Crippen LogP contribution in [0.5, 0.6) is 5.75 Å². The highest BCUT2D eigenvalue weighted by Gasteiger charge is 2.08. The van der Waals surface area contributed by atoms with Crippen molar-refractivity contribution < 1.29 is 4.74 Å². The maximum Gasteiger partial charge on any atom is 0.129 e. The van der Waals surface area contributed by atoms with Gasteiger partial charge in [0, 0.05) is 23.9 Å². The molecule has 0 saturated carbocycles. The molecular formula is C17H23N3O. The van der Waals surface area contributed by atoms with Gasteiger partial charge in [-0.05, 0) is 38.8 Å². The van der Waals surface area contributed by atoms with Crippen LogP contribution in [0.1, 0.15) is 37.1 Å². The molecule has 2 rings (SSSR count). The van der Waals surface area contributed by atoms with Crippen LogP contribution in [0.3, 0.4) is 0 Å². The first-order valence-electron chi connectivity index (χ1n) is 7.37. The zero-order valence-electron chi connectivity index (χ0n) is 13.2. The molecule has 0 spiro atoms. The Balaban J connectivity index is 2.11. The van der Waals surface area contributed by atoms with Gasteiger partial charge >= 0.3 is 0 Å². The molecule has 0 fully saturated rings. The van der Waals surface area contributed by atoms with Crippen molar-refractivity contribution in [1.29, 1.82) is 0 Å². The molecule has 21 heavy (non-hydrogen) atoms. The molecular weight excluding hydrogens is 262 g/mol. The third kappa shape index (κ3) is 4.45. The van der Waals surface area contributed by atoms with E-state index in [1.54, 1.807) is 6.33 Å². The second-order valence-corrected chi connectivity index (χ2v) is 5.35. The first kappa shape index (κ1) is 15.3. The third-order valence-electron chi connectivity index (χ3n) is 3.39. The van der Waals surface area contributed by atoms with E-state index in [0.717, 1.165) is 29.2 Å². The average Bonchev–Trinajstić information content (AvgIpc) is 2.46. The van der Waals surface area contributed by atoms with E-state index in [-0.39, 0.29) is 6.10 Å². The molecule has 0 radical (unpaired) electrons. The quantitative estimate of drug-likeness (QED) is 0.875. The summed E-state index contributed by atoms with van der Waals surface area (Å²) in [5.74, 6) is 1.78. The minimum atomic E-state index is 0.215. The predicted octanol–water partition coefficient (Wildman–Crippen LogP) is 3.88. The van der Waals surface area contributed by atoms with Crippen LogP contribution in [0.2, 0.25) is 0 Å². The summed E-state index contributed by atoms with van der Waals surface area (Å²) < 4.78 is 6.01.